The van der Waals surface area contributed by atoms with E-state index in [4.69, 9.17) is 0 Å². The number of hydrogen-bond acceptors (Lipinski definition) is 4. The summed E-state index contributed by atoms with van der Waals surface area (Å²) in [6, 6.07) is 93.6. The second-order valence-electron chi connectivity index (χ2n) is 23.4. The highest BCUT2D eigenvalue weighted by Crippen LogP contribution is 2.49. The van der Waals surface area contributed by atoms with Crippen LogP contribution in [0.15, 0.2) is 259 Å². The molecule has 7 heteroatoms. The van der Waals surface area contributed by atoms with Gasteiger partial charge in [0.1, 0.15) is 0 Å². The Hall–Kier alpha value is -8.90. The SMILES string of the molecule is CC(C)c1cc(C(C)C)c(B2c3ccccc3Sc3cc4c(cc32)B2c3ccc(N(c5ccccc5)c5ccccc5)cc3N(c3ccccc3)c3cc(-n5c6ccccc6c6ccccc65)cc(c32)N4c2ccccc2)c(C(C)C)c1. The lowest BCUT2D eigenvalue weighted by molar-refractivity contribution is 0.812. The smallest absolute Gasteiger partial charge is 0.252 e. The van der Waals surface area contributed by atoms with Gasteiger partial charge in [-0.2, -0.15) is 0 Å². The average molecular weight is 1070 g/mol. The van der Waals surface area contributed by atoms with Crippen LogP contribution in [0.5, 0.6) is 0 Å². The van der Waals surface area contributed by atoms with Gasteiger partial charge in [-0.05, 0) is 148 Å². The van der Waals surface area contributed by atoms with Gasteiger partial charge in [0, 0.05) is 71.7 Å². The van der Waals surface area contributed by atoms with Crippen molar-refractivity contribution in [3.05, 3.63) is 265 Å². The molecule has 12 aromatic rings. The number of anilines is 9. The normalized spacial score (nSPS) is 13.2. The van der Waals surface area contributed by atoms with E-state index in [1.165, 1.54) is 92.4 Å². The Labute approximate surface area is 487 Å². The Morgan fingerprint density at radius 1 is 0.341 bits per heavy atom. The first-order valence-corrected chi connectivity index (χ1v) is 30.0. The van der Waals surface area contributed by atoms with Gasteiger partial charge in [0.05, 0.1) is 16.7 Å². The van der Waals surface area contributed by atoms with Gasteiger partial charge in [-0.15, -0.1) is 0 Å². The van der Waals surface area contributed by atoms with Crippen LogP contribution >= 0.6 is 11.8 Å². The lowest BCUT2D eigenvalue weighted by Crippen LogP contribution is -2.64. The zero-order valence-corrected chi connectivity index (χ0v) is 48.1. The van der Waals surface area contributed by atoms with Crippen molar-refractivity contribution in [3.63, 3.8) is 0 Å². The van der Waals surface area contributed by atoms with E-state index < -0.39 is 0 Å². The molecule has 0 spiro atoms. The number of benzene rings is 11. The summed E-state index contributed by atoms with van der Waals surface area (Å²) in [4.78, 5) is 10.2. The molecule has 0 bridgehead atoms. The number of rotatable bonds is 10. The molecule has 1 aromatic heterocycles. The fourth-order valence-corrected chi connectivity index (χ4v) is 15.0. The molecule has 82 heavy (non-hydrogen) atoms. The summed E-state index contributed by atoms with van der Waals surface area (Å²) < 4.78 is 2.50. The number of hydrogen-bond donors (Lipinski definition) is 0. The lowest BCUT2D eigenvalue weighted by atomic mass is 9.31. The fourth-order valence-electron chi connectivity index (χ4n) is 13.9. The predicted octanol–water partition coefficient (Wildman–Crippen LogP) is 16.7. The van der Waals surface area contributed by atoms with Crippen molar-refractivity contribution < 1.29 is 0 Å². The second-order valence-corrected chi connectivity index (χ2v) is 24.5. The largest absolute Gasteiger partial charge is 0.311 e. The van der Waals surface area contributed by atoms with Crippen molar-refractivity contribution in [3.8, 4) is 5.69 Å². The molecule has 0 saturated heterocycles. The van der Waals surface area contributed by atoms with Crippen molar-refractivity contribution in [2.75, 3.05) is 14.7 Å². The molecule has 0 saturated carbocycles. The van der Waals surface area contributed by atoms with Crippen molar-refractivity contribution in [1.82, 2.24) is 4.57 Å². The van der Waals surface area contributed by atoms with Crippen LogP contribution < -0.4 is 47.5 Å². The van der Waals surface area contributed by atoms with Crippen LogP contribution in [0.25, 0.3) is 27.5 Å². The highest BCUT2D eigenvalue weighted by molar-refractivity contribution is 8.00. The molecule has 4 heterocycles. The van der Waals surface area contributed by atoms with Gasteiger partial charge in [-0.25, -0.2) is 0 Å². The maximum Gasteiger partial charge on any atom is 0.252 e. The van der Waals surface area contributed by atoms with Crippen LogP contribution in [0.1, 0.15) is 76.0 Å². The summed E-state index contributed by atoms with van der Waals surface area (Å²) in [5.74, 6) is 1.08. The van der Waals surface area contributed by atoms with E-state index in [0.29, 0.717) is 17.8 Å². The molecule has 0 N–H and O–H groups in total. The summed E-state index contributed by atoms with van der Waals surface area (Å²) in [6.45, 7) is 14.2. The van der Waals surface area contributed by atoms with Crippen molar-refractivity contribution in [2.24, 2.45) is 0 Å². The molecule has 0 radical (unpaired) electrons. The van der Waals surface area contributed by atoms with E-state index in [0.717, 1.165) is 45.5 Å². The van der Waals surface area contributed by atoms with E-state index in [9.17, 15) is 0 Å². The van der Waals surface area contributed by atoms with Gasteiger partial charge in [-0.3, -0.25) is 0 Å². The Bertz CT molecular complexity index is 4320. The first-order valence-electron chi connectivity index (χ1n) is 29.2. The first kappa shape index (κ1) is 50.1. The summed E-state index contributed by atoms with van der Waals surface area (Å²) in [6.07, 6.45) is 0. The van der Waals surface area contributed by atoms with Crippen molar-refractivity contribution >= 4 is 131 Å². The molecule has 394 valence electrons. The molecule has 11 aromatic carbocycles. The minimum absolute atomic E-state index is 0.0223. The molecule has 0 fully saturated rings. The average Bonchev–Trinajstić information content (AvgIpc) is 1.46. The van der Waals surface area contributed by atoms with E-state index >= 15 is 0 Å². The number of fused-ring (bicyclic) bond motifs is 9. The maximum absolute atomic E-state index is 2.67. The molecule has 0 atom stereocenters. The molecule has 0 unspecified atom stereocenters. The minimum Gasteiger partial charge on any atom is -0.311 e. The van der Waals surface area contributed by atoms with E-state index in [1.54, 1.807) is 0 Å². The quantitative estimate of drug-likeness (QED) is 0.127. The molecular weight excluding hydrogens is 1010 g/mol. The highest BCUT2D eigenvalue weighted by Gasteiger charge is 2.46. The number of para-hydroxylation sites is 6. The Balaban J connectivity index is 1.07. The highest BCUT2D eigenvalue weighted by atomic mass is 32.2. The van der Waals surface area contributed by atoms with Gasteiger partial charge in [0.2, 0.25) is 6.71 Å². The van der Waals surface area contributed by atoms with Gasteiger partial charge in [-0.1, -0.05) is 221 Å². The molecule has 3 aliphatic heterocycles. The van der Waals surface area contributed by atoms with E-state index in [1.807, 2.05) is 11.8 Å². The maximum atomic E-state index is 2.67. The summed E-state index contributed by atoms with van der Waals surface area (Å²) in [7, 11) is 0. The Morgan fingerprint density at radius 3 is 1.38 bits per heavy atom. The monoisotopic (exact) mass is 1070 g/mol. The van der Waals surface area contributed by atoms with Gasteiger partial charge in [0.15, 0.2) is 0 Å². The zero-order valence-electron chi connectivity index (χ0n) is 47.3. The van der Waals surface area contributed by atoms with Gasteiger partial charge >= 0.3 is 0 Å². The van der Waals surface area contributed by atoms with Crippen LogP contribution in [-0.4, -0.2) is 18.0 Å². The Kier molecular flexibility index (Phi) is 12.2. The van der Waals surface area contributed by atoms with Gasteiger partial charge < -0.3 is 19.3 Å². The second kappa shape index (κ2) is 20.0. The van der Waals surface area contributed by atoms with Crippen LogP contribution in [-0.2, 0) is 0 Å². The van der Waals surface area contributed by atoms with Crippen LogP contribution in [0, 0.1) is 0 Å². The summed E-state index contributed by atoms with van der Waals surface area (Å²) >= 11 is 1.94. The molecule has 15 rings (SSSR count). The lowest BCUT2D eigenvalue weighted by Gasteiger charge is -2.45. The summed E-state index contributed by atoms with van der Waals surface area (Å²) in [5.41, 5.74) is 26.2. The molecule has 4 nitrogen and oxygen atoms in total. The molecule has 3 aliphatic rings. The Morgan fingerprint density at radius 2 is 0.829 bits per heavy atom. The number of aromatic nitrogens is 1. The van der Waals surface area contributed by atoms with E-state index in [2.05, 4.69) is 310 Å². The van der Waals surface area contributed by atoms with Crippen molar-refractivity contribution in [2.45, 2.75) is 69.1 Å². The topological polar surface area (TPSA) is 14.7 Å². The molecule has 0 aliphatic carbocycles. The van der Waals surface area contributed by atoms with E-state index in [-0.39, 0.29) is 13.4 Å². The third-order valence-electron chi connectivity index (χ3n) is 17.5. The molecule has 0 amide bonds. The first-order chi connectivity index (χ1) is 40.2. The van der Waals surface area contributed by atoms with Crippen molar-refractivity contribution in [1.29, 1.82) is 0 Å². The number of nitrogens with zero attached hydrogens (tertiary/aromatic N) is 4. The standard InChI is InChI=1S/C75H62B2N4S/c1-48(2)51-41-60(49(3)4)74(61(42-51)50(5)6)77-63-35-21-24-38-72(63)82-73-47-69-64(46-65(73)77)76-62-40-39-56(78(52-25-11-7-12-26-52)53-27-13-8-14-28-53)43-68(62)79(54-29-15-9-16-30-54)70-44-57(45-71(75(70)76)80(69)55-31-17-10-18-32-55)81-66-36-22-19-33-58(66)59-34-20-23-37-67(59)81/h7-50H,1-6H3. The third-order valence-corrected chi connectivity index (χ3v) is 18.7. The third kappa shape index (κ3) is 7.99. The van der Waals surface area contributed by atoms with Crippen LogP contribution in [0.2, 0.25) is 0 Å². The minimum atomic E-state index is -0.136. The van der Waals surface area contributed by atoms with Crippen LogP contribution in [0.3, 0.4) is 0 Å². The van der Waals surface area contributed by atoms with Gasteiger partial charge in [0.25, 0.3) is 6.71 Å². The zero-order chi connectivity index (χ0) is 55.3. The summed E-state index contributed by atoms with van der Waals surface area (Å²) in [5, 5.41) is 2.48. The predicted molar refractivity (Wildman–Crippen MR) is 353 cm³/mol. The van der Waals surface area contributed by atoms with Crippen LogP contribution in [0.4, 0.5) is 51.2 Å². The molecular formula is C75H62B2N4S. The fraction of sp³-hybridized carbons (Fsp3) is 0.120.